The van der Waals surface area contributed by atoms with Gasteiger partial charge in [0.15, 0.2) is 5.76 Å². The van der Waals surface area contributed by atoms with E-state index in [9.17, 15) is 9.59 Å². The molecule has 1 aromatic rings. The molecule has 0 aliphatic rings. The Labute approximate surface area is 98.5 Å². The summed E-state index contributed by atoms with van der Waals surface area (Å²) in [5.41, 5.74) is 0. The van der Waals surface area contributed by atoms with E-state index in [1.807, 2.05) is 0 Å². The van der Waals surface area contributed by atoms with Crippen LogP contribution in [0.25, 0.3) is 0 Å². The highest BCUT2D eigenvalue weighted by atomic mass is 16.4. The number of rotatable bonds is 5. The highest BCUT2D eigenvalue weighted by Gasteiger charge is 2.22. The molecule has 94 valence electrons. The SMILES string of the molecule is CC(C)N(CCO)C(=O)c1ccc(C(=O)O)o1. The van der Waals surface area contributed by atoms with Gasteiger partial charge in [0.2, 0.25) is 5.76 Å². The Morgan fingerprint density at radius 3 is 2.35 bits per heavy atom. The third-order valence-electron chi connectivity index (χ3n) is 2.25. The van der Waals surface area contributed by atoms with E-state index in [0.717, 1.165) is 0 Å². The van der Waals surface area contributed by atoms with Crippen molar-refractivity contribution in [3.63, 3.8) is 0 Å². The monoisotopic (exact) mass is 241 g/mol. The molecule has 0 radical (unpaired) electrons. The second kappa shape index (κ2) is 5.49. The Bertz CT molecular complexity index is 410. The van der Waals surface area contributed by atoms with Crippen molar-refractivity contribution >= 4 is 11.9 Å². The number of aliphatic hydroxyl groups is 1. The predicted octanol–water partition coefficient (Wildman–Crippen LogP) is 0.821. The van der Waals surface area contributed by atoms with Crippen LogP contribution in [0.1, 0.15) is 35.0 Å². The lowest BCUT2D eigenvalue weighted by atomic mass is 10.3. The summed E-state index contributed by atoms with van der Waals surface area (Å²) >= 11 is 0. The lowest BCUT2D eigenvalue weighted by molar-refractivity contribution is 0.0613. The van der Waals surface area contributed by atoms with Gasteiger partial charge in [0.25, 0.3) is 5.91 Å². The summed E-state index contributed by atoms with van der Waals surface area (Å²) in [7, 11) is 0. The maximum Gasteiger partial charge on any atom is 0.371 e. The molecule has 0 atom stereocenters. The molecule has 0 saturated heterocycles. The lowest BCUT2D eigenvalue weighted by Gasteiger charge is -2.24. The average molecular weight is 241 g/mol. The first-order valence-corrected chi connectivity index (χ1v) is 5.22. The third kappa shape index (κ3) is 3.07. The standard InChI is InChI=1S/C11H15NO5/c1-7(2)12(5-6-13)10(14)8-3-4-9(17-8)11(15)16/h3-4,7,13H,5-6H2,1-2H3,(H,15,16). The number of aromatic carboxylic acids is 1. The van der Waals surface area contributed by atoms with Gasteiger partial charge in [0.05, 0.1) is 6.61 Å². The van der Waals surface area contributed by atoms with Gasteiger partial charge in [-0.1, -0.05) is 0 Å². The van der Waals surface area contributed by atoms with Gasteiger partial charge in [-0.15, -0.1) is 0 Å². The van der Waals surface area contributed by atoms with Gasteiger partial charge >= 0.3 is 5.97 Å². The van der Waals surface area contributed by atoms with Gasteiger partial charge in [0, 0.05) is 12.6 Å². The number of hydrogen-bond acceptors (Lipinski definition) is 4. The summed E-state index contributed by atoms with van der Waals surface area (Å²) in [4.78, 5) is 24.0. The van der Waals surface area contributed by atoms with Crippen LogP contribution in [0.4, 0.5) is 0 Å². The van der Waals surface area contributed by atoms with Crippen LogP contribution >= 0.6 is 0 Å². The molecule has 1 amide bonds. The molecule has 0 aromatic carbocycles. The first-order valence-electron chi connectivity index (χ1n) is 5.22. The highest BCUT2D eigenvalue weighted by Crippen LogP contribution is 2.12. The van der Waals surface area contributed by atoms with E-state index in [2.05, 4.69) is 0 Å². The molecule has 17 heavy (non-hydrogen) atoms. The fourth-order valence-electron chi connectivity index (χ4n) is 1.41. The van der Waals surface area contributed by atoms with E-state index < -0.39 is 11.9 Å². The first kappa shape index (κ1) is 13.2. The summed E-state index contributed by atoms with van der Waals surface area (Å²) < 4.78 is 4.91. The third-order valence-corrected chi connectivity index (χ3v) is 2.25. The van der Waals surface area contributed by atoms with Gasteiger partial charge in [-0.05, 0) is 26.0 Å². The molecule has 0 spiro atoms. The maximum absolute atomic E-state index is 11.9. The molecule has 0 fully saturated rings. The summed E-state index contributed by atoms with van der Waals surface area (Å²) in [6.45, 7) is 3.62. The summed E-state index contributed by atoms with van der Waals surface area (Å²) in [5, 5.41) is 17.5. The first-order chi connectivity index (χ1) is 7.97. The fourth-order valence-corrected chi connectivity index (χ4v) is 1.41. The summed E-state index contributed by atoms with van der Waals surface area (Å²) in [6.07, 6.45) is 0. The van der Waals surface area contributed by atoms with E-state index in [4.69, 9.17) is 14.6 Å². The smallest absolute Gasteiger partial charge is 0.371 e. The van der Waals surface area contributed by atoms with Crippen molar-refractivity contribution in [1.29, 1.82) is 0 Å². The van der Waals surface area contributed by atoms with Crippen molar-refractivity contribution < 1.29 is 24.2 Å². The van der Waals surface area contributed by atoms with E-state index in [0.29, 0.717) is 0 Å². The molecule has 1 aromatic heterocycles. The number of amides is 1. The number of carboxylic acids is 1. The minimum atomic E-state index is -1.22. The van der Waals surface area contributed by atoms with Gasteiger partial charge in [0.1, 0.15) is 0 Å². The Hall–Kier alpha value is -1.82. The molecule has 1 rings (SSSR count). The van der Waals surface area contributed by atoms with E-state index in [1.54, 1.807) is 13.8 Å². The molecule has 1 heterocycles. The van der Waals surface area contributed by atoms with Crippen molar-refractivity contribution in [2.75, 3.05) is 13.2 Å². The fraction of sp³-hybridized carbons (Fsp3) is 0.455. The van der Waals surface area contributed by atoms with Crippen LogP contribution in [-0.2, 0) is 0 Å². The maximum atomic E-state index is 11.9. The quantitative estimate of drug-likeness (QED) is 0.796. The van der Waals surface area contributed by atoms with E-state index in [-0.39, 0.29) is 30.7 Å². The summed E-state index contributed by atoms with van der Waals surface area (Å²) in [5.74, 6) is -1.96. The Morgan fingerprint density at radius 1 is 1.35 bits per heavy atom. The van der Waals surface area contributed by atoms with Crippen LogP contribution in [0.2, 0.25) is 0 Å². The minimum Gasteiger partial charge on any atom is -0.475 e. The van der Waals surface area contributed by atoms with Crippen LogP contribution < -0.4 is 0 Å². The van der Waals surface area contributed by atoms with Crippen LogP contribution in [0.3, 0.4) is 0 Å². The molecule has 2 N–H and O–H groups in total. The topological polar surface area (TPSA) is 91.0 Å². The average Bonchev–Trinajstić information content (AvgIpc) is 2.73. The Morgan fingerprint density at radius 2 is 1.94 bits per heavy atom. The van der Waals surface area contributed by atoms with E-state index in [1.165, 1.54) is 17.0 Å². The second-order valence-electron chi connectivity index (χ2n) is 3.78. The zero-order chi connectivity index (χ0) is 13.0. The van der Waals surface area contributed by atoms with Crippen LogP contribution in [0.5, 0.6) is 0 Å². The van der Waals surface area contributed by atoms with Crippen molar-refractivity contribution in [3.8, 4) is 0 Å². The number of hydrogen-bond donors (Lipinski definition) is 2. The van der Waals surface area contributed by atoms with Gasteiger partial charge in [-0.2, -0.15) is 0 Å². The van der Waals surface area contributed by atoms with Crippen molar-refractivity contribution in [2.24, 2.45) is 0 Å². The lowest BCUT2D eigenvalue weighted by Crippen LogP contribution is -2.38. The Balaban J connectivity index is 2.89. The molecule has 0 aliphatic carbocycles. The van der Waals surface area contributed by atoms with Gasteiger partial charge in [-0.25, -0.2) is 4.79 Å². The molecular weight excluding hydrogens is 226 g/mol. The van der Waals surface area contributed by atoms with Crippen LogP contribution in [-0.4, -0.2) is 46.2 Å². The molecule has 6 nitrogen and oxygen atoms in total. The molecule has 0 bridgehead atoms. The second-order valence-corrected chi connectivity index (χ2v) is 3.78. The van der Waals surface area contributed by atoms with Crippen molar-refractivity contribution in [1.82, 2.24) is 4.90 Å². The number of carbonyl (C=O) groups excluding carboxylic acids is 1. The number of carbonyl (C=O) groups is 2. The van der Waals surface area contributed by atoms with Crippen LogP contribution in [0.15, 0.2) is 16.5 Å². The number of aliphatic hydroxyl groups excluding tert-OH is 1. The van der Waals surface area contributed by atoms with Crippen molar-refractivity contribution in [2.45, 2.75) is 19.9 Å². The largest absolute Gasteiger partial charge is 0.475 e. The van der Waals surface area contributed by atoms with Crippen LogP contribution in [0, 0.1) is 0 Å². The molecule has 0 aliphatic heterocycles. The molecule has 6 heteroatoms. The predicted molar refractivity (Wildman–Crippen MR) is 58.9 cm³/mol. The van der Waals surface area contributed by atoms with Gasteiger partial charge < -0.3 is 19.5 Å². The van der Waals surface area contributed by atoms with Gasteiger partial charge in [-0.3, -0.25) is 4.79 Å². The zero-order valence-electron chi connectivity index (χ0n) is 9.71. The highest BCUT2D eigenvalue weighted by molar-refractivity contribution is 5.93. The number of carboxylic acid groups (broad SMARTS) is 1. The van der Waals surface area contributed by atoms with E-state index >= 15 is 0 Å². The van der Waals surface area contributed by atoms with Crippen molar-refractivity contribution in [3.05, 3.63) is 23.7 Å². The summed E-state index contributed by atoms with van der Waals surface area (Å²) in [6, 6.07) is 2.44. The molecule has 0 saturated carbocycles. The normalized spacial score (nSPS) is 10.6. The number of furan rings is 1. The number of nitrogens with zero attached hydrogens (tertiary/aromatic N) is 1. The molecule has 0 unspecified atom stereocenters. The Kier molecular flexibility index (Phi) is 4.28. The minimum absolute atomic E-state index is 0.0375. The molecular formula is C11H15NO5. The zero-order valence-corrected chi connectivity index (χ0v) is 9.71.